The zero-order valence-corrected chi connectivity index (χ0v) is 30.1. The molecule has 19 N–H and O–H groups in total. The van der Waals surface area contributed by atoms with Gasteiger partial charge in [-0.15, -0.1) is 0 Å². The first kappa shape index (κ1) is 43.5. The number of nitrogens with one attached hydrogen (secondary N) is 5. The predicted octanol–water partition coefficient (Wildman–Crippen LogP) is -4.04. The molecule has 1 fully saturated rings. The van der Waals surface area contributed by atoms with Crippen molar-refractivity contribution in [1.29, 1.82) is 0 Å². The lowest BCUT2D eigenvalue weighted by molar-refractivity contribution is -0.134. The van der Waals surface area contributed by atoms with Crippen LogP contribution in [0.4, 0.5) is 0 Å². The van der Waals surface area contributed by atoms with Gasteiger partial charge in [0, 0.05) is 26.1 Å². The van der Waals surface area contributed by atoms with Gasteiger partial charge in [0.15, 0.2) is 17.9 Å². The first-order valence-electron chi connectivity index (χ1n) is 17.7. The third-order valence-corrected chi connectivity index (χ3v) is 8.23. The van der Waals surface area contributed by atoms with E-state index in [1.54, 1.807) is 24.3 Å². The minimum atomic E-state index is -1.17. The van der Waals surface area contributed by atoms with E-state index in [9.17, 15) is 24.0 Å². The van der Waals surface area contributed by atoms with E-state index >= 15 is 0 Å². The van der Waals surface area contributed by atoms with Gasteiger partial charge in [0.1, 0.15) is 30.2 Å². The number of carbonyl (C=O) groups is 5. The Bertz CT molecular complexity index is 1430. The minimum Gasteiger partial charge on any atom is -0.370 e. The van der Waals surface area contributed by atoms with Crippen LogP contribution in [0.25, 0.3) is 0 Å². The molecule has 5 amide bonds. The molecule has 20 nitrogen and oxygen atoms in total. The molecule has 53 heavy (non-hydrogen) atoms. The summed E-state index contributed by atoms with van der Waals surface area (Å²) in [6, 6.07) is 3.23. The highest BCUT2D eigenvalue weighted by molar-refractivity contribution is 5.98. The summed E-state index contributed by atoms with van der Waals surface area (Å²) in [5.74, 6) is -3.71. The molecule has 0 aliphatic carbocycles. The number of nitrogens with two attached hydrogens (primary N) is 7. The predicted molar refractivity (Wildman–Crippen MR) is 202 cm³/mol. The van der Waals surface area contributed by atoms with Crippen LogP contribution in [0.2, 0.25) is 0 Å². The van der Waals surface area contributed by atoms with Crippen molar-refractivity contribution in [2.24, 2.45) is 55.1 Å². The van der Waals surface area contributed by atoms with Gasteiger partial charge >= 0.3 is 0 Å². The van der Waals surface area contributed by atoms with Crippen molar-refractivity contribution in [2.45, 2.75) is 94.4 Å². The van der Waals surface area contributed by atoms with Gasteiger partial charge in [0.05, 0.1) is 0 Å². The highest BCUT2D eigenvalue weighted by atomic mass is 16.2. The van der Waals surface area contributed by atoms with Gasteiger partial charge in [0.25, 0.3) is 0 Å². The largest absolute Gasteiger partial charge is 0.370 e. The van der Waals surface area contributed by atoms with Crippen LogP contribution in [0.15, 0.2) is 45.3 Å². The van der Waals surface area contributed by atoms with Crippen molar-refractivity contribution < 1.29 is 24.0 Å². The van der Waals surface area contributed by atoms with Crippen molar-refractivity contribution in [3.05, 3.63) is 35.9 Å². The average Bonchev–Trinajstić information content (AvgIpc) is 3.10. The molecule has 1 aliphatic heterocycles. The topological polar surface area (TPSA) is 365 Å². The smallest absolute Gasteiger partial charge is 0.243 e. The molecule has 1 aromatic rings. The minimum absolute atomic E-state index is 0.0601. The molecule has 1 heterocycles. The summed E-state index contributed by atoms with van der Waals surface area (Å²) in [4.78, 5) is 81.3. The lowest BCUT2D eigenvalue weighted by atomic mass is 10.0. The van der Waals surface area contributed by atoms with Gasteiger partial charge in [0.2, 0.25) is 29.5 Å². The maximum atomic E-state index is 14.0. The van der Waals surface area contributed by atoms with Crippen molar-refractivity contribution in [2.75, 3.05) is 26.2 Å². The maximum absolute atomic E-state index is 14.0. The molecule has 5 atom stereocenters. The van der Waals surface area contributed by atoms with Crippen LogP contribution in [0, 0.1) is 0 Å². The molecule has 0 radical (unpaired) electrons. The Morgan fingerprint density at radius 2 is 0.792 bits per heavy atom. The summed E-state index contributed by atoms with van der Waals surface area (Å²) in [6.07, 6.45) is 2.43. The summed E-state index contributed by atoms with van der Waals surface area (Å²) in [5.41, 5.74) is 39.2. The monoisotopic (exact) mass is 743 g/mol. The standard InChI is InChI=1S/C33H57N15O5/c34-15-5-4-11-21-26(49)45-22(12-6-16-41-31(35)36)27(50)46-24(14-8-18-43-33(39)40)29(52)48-25(19-20-9-2-1-3-10-20)30(53)47-23(28(51)44-21)13-7-17-42-32(37)38/h1-3,9-10,21-25H,4-8,11-19,34H2,(H,44,51)(H,45,49)(H,46,50)(H,47,53)(H,48,52)(H4,35,36,41)(H4,37,38,42)(H4,39,40,43)/t21-,22-,23-,24-,25+/m0/s1. The molecular weight excluding hydrogens is 686 g/mol. The zero-order chi connectivity index (χ0) is 39.2. The van der Waals surface area contributed by atoms with E-state index in [-0.39, 0.29) is 82.5 Å². The second-order valence-electron chi connectivity index (χ2n) is 12.6. The highest BCUT2D eigenvalue weighted by Gasteiger charge is 2.34. The van der Waals surface area contributed by atoms with E-state index in [4.69, 9.17) is 40.1 Å². The fourth-order valence-electron chi connectivity index (χ4n) is 5.50. The summed E-state index contributed by atoms with van der Waals surface area (Å²) in [6.45, 7) is 0.853. The van der Waals surface area contributed by atoms with Gasteiger partial charge in [-0.2, -0.15) is 0 Å². The summed E-state index contributed by atoms with van der Waals surface area (Å²) in [5, 5.41) is 13.8. The maximum Gasteiger partial charge on any atom is 0.243 e. The Labute approximate surface area is 309 Å². The van der Waals surface area contributed by atoms with Crippen LogP contribution in [0.1, 0.15) is 63.4 Å². The molecule has 294 valence electrons. The lowest BCUT2D eigenvalue weighted by Gasteiger charge is -2.26. The van der Waals surface area contributed by atoms with Crippen LogP contribution in [0.5, 0.6) is 0 Å². The fraction of sp³-hybridized carbons (Fsp3) is 0.576. The Kier molecular flexibility index (Phi) is 19.5. The number of nitrogens with zero attached hydrogens (tertiary/aromatic N) is 3. The van der Waals surface area contributed by atoms with E-state index < -0.39 is 59.7 Å². The highest BCUT2D eigenvalue weighted by Crippen LogP contribution is 2.11. The van der Waals surface area contributed by atoms with E-state index in [0.29, 0.717) is 25.8 Å². The van der Waals surface area contributed by atoms with Crippen LogP contribution >= 0.6 is 0 Å². The van der Waals surface area contributed by atoms with Gasteiger partial charge in [-0.1, -0.05) is 30.3 Å². The van der Waals surface area contributed by atoms with Gasteiger partial charge in [-0.3, -0.25) is 38.9 Å². The van der Waals surface area contributed by atoms with Crippen LogP contribution < -0.4 is 66.7 Å². The van der Waals surface area contributed by atoms with Gasteiger partial charge in [-0.25, -0.2) is 0 Å². The summed E-state index contributed by atoms with van der Waals surface area (Å²) in [7, 11) is 0. The van der Waals surface area contributed by atoms with E-state index in [1.807, 2.05) is 6.07 Å². The molecule has 0 spiro atoms. The third kappa shape index (κ3) is 17.4. The number of aliphatic imine (C=N–C) groups is 3. The zero-order valence-electron chi connectivity index (χ0n) is 30.1. The number of unbranched alkanes of at least 4 members (excludes halogenated alkanes) is 1. The molecule has 0 bridgehead atoms. The normalized spacial score (nSPS) is 21.3. The molecule has 2 rings (SSSR count). The molecule has 1 saturated heterocycles. The first-order chi connectivity index (χ1) is 25.3. The van der Waals surface area contributed by atoms with Crippen LogP contribution in [-0.4, -0.2) is 104 Å². The fourth-order valence-corrected chi connectivity index (χ4v) is 5.50. The molecule has 0 unspecified atom stereocenters. The lowest BCUT2D eigenvalue weighted by Crippen LogP contribution is -2.58. The molecule has 0 saturated carbocycles. The molecule has 1 aliphatic rings. The first-order valence-corrected chi connectivity index (χ1v) is 17.7. The van der Waals surface area contributed by atoms with Gasteiger partial charge < -0.3 is 66.7 Å². The van der Waals surface area contributed by atoms with Crippen molar-refractivity contribution >= 4 is 47.4 Å². The average molecular weight is 744 g/mol. The molecule has 20 heteroatoms. The Morgan fingerprint density at radius 1 is 0.472 bits per heavy atom. The summed E-state index contributed by atoms with van der Waals surface area (Å²) < 4.78 is 0. The van der Waals surface area contributed by atoms with E-state index in [2.05, 4.69) is 41.6 Å². The van der Waals surface area contributed by atoms with Crippen molar-refractivity contribution in [1.82, 2.24) is 26.6 Å². The summed E-state index contributed by atoms with van der Waals surface area (Å²) >= 11 is 0. The molecular formula is C33H57N15O5. The number of hydrogen-bond acceptors (Lipinski definition) is 9. The Balaban J connectivity index is 2.61. The van der Waals surface area contributed by atoms with E-state index in [0.717, 1.165) is 5.56 Å². The second kappa shape index (κ2) is 23.7. The number of guanidine groups is 3. The molecule has 0 aromatic heterocycles. The van der Waals surface area contributed by atoms with Gasteiger partial charge in [-0.05, 0) is 69.9 Å². The second-order valence-corrected chi connectivity index (χ2v) is 12.6. The number of rotatable bonds is 18. The number of benzene rings is 1. The SMILES string of the molecule is NCCCC[C@@H]1NC(=O)[C@H](CCCN=C(N)N)NC(=O)[C@@H](Cc2ccccc2)NC(=O)[C@H](CCCN=C(N)N)NC(=O)[C@H](CCCN=C(N)N)NC1=O. The quantitative estimate of drug-likeness (QED) is 0.0388. The Hall–Kier alpha value is -5.66. The number of hydrogen-bond donors (Lipinski definition) is 12. The van der Waals surface area contributed by atoms with Crippen molar-refractivity contribution in [3.8, 4) is 0 Å². The van der Waals surface area contributed by atoms with Crippen LogP contribution in [0.3, 0.4) is 0 Å². The molecule has 1 aromatic carbocycles. The van der Waals surface area contributed by atoms with Crippen molar-refractivity contribution in [3.63, 3.8) is 0 Å². The number of amides is 5. The Morgan fingerprint density at radius 3 is 1.13 bits per heavy atom. The number of carbonyl (C=O) groups excluding carboxylic acids is 5. The van der Waals surface area contributed by atoms with E-state index in [1.165, 1.54) is 0 Å². The third-order valence-electron chi connectivity index (χ3n) is 8.23. The van der Waals surface area contributed by atoms with Crippen LogP contribution in [-0.2, 0) is 30.4 Å².